The second kappa shape index (κ2) is 15.9. The van der Waals surface area contributed by atoms with Crippen molar-refractivity contribution in [3.8, 4) is 0 Å². The van der Waals surface area contributed by atoms with Gasteiger partial charge in [-0.3, -0.25) is 19.7 Å². The van der Waals surface area contributed by atoms with Gasteiger partial charge in [-0.05, 0) is 50.0 Å². The van der Waals surface area contributed by atoms with Gasteiger partial charge in [-0.25, -0.2) is 0 Å². The van der Waals surface area contributed by atoms with Crippen LogP contribution in [-0.4, -0.2) is 41.4 Å². The van der Waals surface area contributed by atoms with Crippen molar-refractivity contribution in [2.75, 3.05) is 13.1 Å². The number of aldehydes is 1. The molecule has 2 rings (SSSR count). The molecule has 0 aliphatic heterocycles. The third-order valence-electron chi connectivity index (χ3n) is 3.55. The summed E-state index contributed by atoms with van der Waals surface area (Å²) in [5.41, 5.74) is 17.4. The molecular weight excluding hydrogens is 376 g/mol. The lowest BCUT2D eigenvalue weighted by Crippen LogP contribution is -2.30. The first-order chi connectivity index (χ1) is 13.8. The molecule has 9 heteroatoms. The minimum atomic E-state index is -0.955. The number of carbonyl (C=O) groups is 2. The van der Waals surface area contributed by atoms with Crippen LogP contribution in [0.2, 0.25) is 0 Å². The summed E-state index contributed by atoms with van der Waals surface area (Å²) < 4.78 is 0. The Hall–Kier alpha value is -3.14. The number of hydrogen-bond donors (Lipinski definition) is 4. The van der Waals surface area contributed by atoms with E-state index in [1.165, 1.54) is 29.8 Å². The Morgan fingerprint density at radius 2 is 1.66 bits per heavy atom. The van der Waals surface area contributed by atoms with Crippen molar-refractivity contribution in [1.29, 1.82) is 0 Å². The molecule has 2 aromatic carbocycles. The molecule has 2 aromatic rings. The number of non-ortho nitro benzene ring substituents is 1. The van der Waals surface area contributed by atoms with Crippen LogP contribution in [0.5, 0.6) is 0 Å². The van der Waals surface area contributed by atoms with Crippen LogP contribution in [0.1, 0.15) is 28.8 Å². The van der Waals surface area contributed by atoms with Gasteiger partial charge in [0.05, 0.1) is 4.92 Å². The molecule has 0 aliphatic rings. The Labute approximate surface area is 169 Å². The fraction of sp³-hybridized carbons (Fsp3) is 0.300. The van der Waals surface area contributed by atoms with Crippen LogP contribution in [0.25, 0.3) is 0 Å². The van der Waals surface area contributed by atoms with Gasteiger partial charge < -0.3 is 22.3 Å². The molecule has 0 saturated carbocycles. The van der Waals surface area contributed by atoms with Crippen LogP contribution in [0.3, 0.4) is 0 Å². The van der Waals surface area contributed by atoms with Crippen LogP contribution in [0.4, 0.5) is 5.69 Å². The van der Waals surface area contributed by atoms with E-state index in [0.717, 1.165) is 13.0 Å². The molecule has 0 aromatic heterocycles. The van der Waals surface area contributed by atoms with Gasteiger partial charge in [-0.15, -0.1) is 0 Å². The van der Waals surface area contributed by atoms with Crippen molar-refractivity contribution >= 4 is 17.9 Å². The topological polar surface area (TPSA) is 176 Å². The molecule has 0 aliphatic carbocycles. The summed E-state index contributed by atoms with van der Waals surface area (Å²) in [4.78, 5) is 29.8. The van der Waals surface area contributed by atoms with Gasteiger partial charge in [-0.1, -0.05) is 30.3 Å². The van der Waals surface area contributed by atoms with Crippen LogP contribution in [-0.2, 0) is 11.2 Å². The number of nitrogens with zero attached hydrogens (tertiary/aromatic N) is 1. The average Bonchev–Trinajstić information content (AvgIpc) is 2.74. The number of carboxylic acids is 1. The van der Waals surface area contributed by atoms with Gasteiger partial charge in [0.2, 0.25) is 0 Å². The average molecular weight is 404 g/mol. The van der Waals surface area contributed by atoms with E-state index in [2.05, 4.69) is 12.1 Å². The Bertz CT molecular complexity index is 723. The van der Waals surface area contributed by atoms with E-state index in [1.807, 2.05) is 18.2 Å². The Balaban J connectivity index is 0.000000409. The summed E-state index contributed by atoms with van der Waals surface area (Å²) >= 11 is 0. The lowest BCUT2D eigenvalue weighted by Gasteiger charge is -2.02. The van der Waals surface area contributed by atoms with Crippen LogP contribution < -0.4 is 17.2 Å². The maximum absolute atomic E-state index is 10.1. The normalized spacial score (nSPS) is 10.4. The molecule has 7 N–H and O–H groups in total. The molecular formula is C20H28N4O5. The largest absolute Gasteiger partial charge is 0.480 e. The van der Waals surface area contributed by atoms with Gasteiger partial charge in [0.25, 0.3) is 5.69 Å². The fourth-order valence-electron chi connectivity index (χ4n) is 1.95. The van der Waals surface area contributed by atoms with Crippen molar-refractivity contribution in [3.63, 3.8) is 0 Å². The third kappa shape index (κ3) is 12.8. The van der Waals surface area contributed by atoms with Gasteiger partial charge >= 0.3 is 5.97 Å². The first-order valence-electron chi connectivity index (χ1n) is 8.97. The number of rotatable bonds is 8. The predicted octanol–water partition coefficient (Wildman–Crippen LogP) is 1.73. The Morgan fingerprint density at radius 3 is 2.07 bits per heavy atom. The standard InChI is InChI=1S/C8H11N.C7H5NO3.C5H12N2O2/c9-7-6-8-4-2-1-3-5-8;9-5-6-1-3-7(4-2-6)8(10)11;6-3-1-2-4(7)5(8)9/h1-5H,6-7,9H2;1-5H;4H,1-3,6-7H2,(H,8,9). The molecule has 29 heavy (non-hydrogen) atoms. The molecule has 0 heterocycles. The zero-order chi connectivity index (χ0) is 22.1. The van der Waals surface area contributed by atoms with Gasteiger partial charge in [0.15, 0.2) is 0 Å². The monoisotopic (exact) mass is 404 g/mol. The third-order valence-corrected chi connectivity index (χ3v) is 3.55. The van der Waals surface area contributed by atoms with E-state index >= 15 is 0 Å². The van der Waals surface area contributed by atoms with Crippen LogP contribution in [0.15, 0.2) is 54.6 Å². The van der Waals surface area contributed by atoms with E-state index in [1.54, 1.807) is 0 Å². The summed E-state index contributed by atoms with van der Waals surface area (Å²) in [6, 6.07) is 14.9. The molecule has 0 bridgehead atoms. The number of nitro benzene ring substituents is 1. The summed E-state index contributed by atoms with van der Waals surface area (Å²) in [7, 11) is 0. The maximum atomic E-state index is 10.1. The van der Waals surface area contributed by atoms with Gasteiger partial charge in [-0.2, -0.15) is 0 Å². The second-order valence-electron chi connectivity index (χ2n) is 5.87. The predicted molar refractivity (Wildman–Crippen MR) is 112 cm³/mol. The number of carboxylic acid groups (broad SMARTS) is 1. The minimum Gasteiger partial charge on any atom is -0.480 e. The molecule has 9 nitrogen and oxygen atoms in total. The molecule has 0 spiro atoms. The van der Waals surface area contributed by atoms with Crippen molar-refractivity contribution < 1.29 is 19.6 Å². The SMILES string of the molecule is NCCCC(N)C(=O)O.NCCc1ccccc1.O=Cc1ccc([N+](=O)[O-])cc1. The minimum absolute atomic E-state index is 0.00407. The van der Waals surface area contributed by atoms with Crippen molar-refractivity contribution in [2.45, 2.75) is 25.3 Å². The number of nitro groups is 1. The maximum Gasteiger partial charge on any atom is 0.320 e. The first kappa shape index (κ1) is 25.9. The lowest BCUT2D eigenvalue weighted by atomic mass is 10.2. The number of nitrogens with two attached hydrogens (primary N) is 3. The van der Waals surface area contributed by atoms with E-state index in [0.29, 0.717) is 31.2 Å². The van der Waals surface area contributed by atoms with Crippen molar-refractivity contribution in [2.24, 2.45) is 17.2 Å². The highest BCUT2D eigenvalue weighted by atomic mass is 16.6. The van der Waals surface area contributed by atoms with Crippen LogP contribution in [0, 0.1) is 10.1 Å². The Kier molecular flexibility index (Phi) is 14.2. The fourth-order valence-corrected chi connectivity index (χ4v) is 1.95. The molecule has 0 fully saturated rings. The molecule has 1 atom stereocenters. The van der Waals surface area contributed by atoms with E-state index in [9.17, 15) is 19.7 Å². The summed E-state index contributed by atoms with van der Waals surface area (Å²) in [6.45, 7) is 1.24. The summed E-state index contributed by atoms with van der Waals surface area (Å²) in [5, 5.41) is 18.4. The van der Waals surface area contributed by atoms with E-state index < -0.39 is 16.9 Å². The zero-order valence-corrected chi connectivity index (χ0v) is 16.1. The van der Waals surface area contributed by atoms with E-state index in [-0.39, 0.29) is 5.69 Å². The number of carbonyl (C=O) groups excluding carboxylic acids is 1. The highest BCUT2D eigenvalue weighted by Gasteiger charge is 2.08. The smallest absolute Gasteiger partial charge is 0.320 e. The van der Waals surface area contributed by atoms with E-state index in [4.69, 9.17) is 22.3 Å². The zero-order valence-electron chi connectivity index (χ0n) is 16.1. The number of hydrogen-bond acceptors (Lipinski definition) is 7. The first-order valence-corrected chi connectivity index (χ1v) is 8.97. The van der Waals surface area contributed by atoms with Gasteiger partial charge in [0.1, 0.15) is 12.3 Å². The molecule has 0 amide bonds. The van der Waals surface area contributed by atoms with Crippen LogP contribution >= 0.6 is 0 Å². The molecule has 0 saturated heterocycles. The Morgan fingerprint density at radius 1 is 1.07 bits per heavy atom. The lowest BCUT2D eigenvalue weighted by molar-refractivity contribution is -0.384. The molecule has 1 unspecified atom stereocenters. The summed E-state index contributed by atoms with van der Waals surface area (Å²) in [6.07, 6.45) is 2.77. The van der Waals surface area contributed by atoms with Crippen molar-refractivity contribution in [1.82, 2.24) is 0 Å². The molecule has 158 valence electrons. The summed E-state index contributed by atoms with van der Waals surface area (Å²) in [5.74, 6) is -0.955. The second-order valence-corrected chi connectivity index (χ2v) is 5.87. The number of aliphatic carboxylic acids is 1. The highest BCUT2D eigenvalue weighted by Crippen LogP contribution is 2.10. The quantitative estimate of drug-likeness (QED) is 0.292. The van der Waals surface area contributed by atoms with Gasteiger partial charge in [0, 0.05) is 17.7 Å². The molecule has 0 radical (unpaired) electrons. The van der Waals surface area contributed by atoms with Crippen molar-refractivity contribution in [3.05, 3.63) is 75.8 Å². The highest BCUT2D eigenvalue weighted by molar-refractivity contribution is 5.75. The number of benzene rings is 2.